The third-order valence-electron chi connectivity index (χ3n) is 5.79. The molecule has 2 atom stereocenters. The Balaban J connectivity index is 1.42. The second-order valence-corrected chi connectivity index (χ2v) is 7.78. The van der Waals surface area contributed by atoms with Gasteiger partial charge in [-0.15, -0.1) is 0 Å². The Morgan fingerprint density at radius 2 is 1.90 bits per heavy atom. The number of imidazole rings is 1. The summed E-state index contributed by atoms with van der Waals surface area (Å²) in [6.07, 6.45) is 2.53. The molecular weight excluding hydrogens is 395 g/mol. The van der Waals surface area contributed by atoms with Crippen LogP contribution in [0.1, 0.15) is 40.9 Å². The van der Waals surface area contributed by atoms with Crippen molar-refractivity contribution in [2.75, 3.05) is 0 Å². The molecule has 0 radical (unpaired) electrons. The Hall–Kier alpha value is -3.78. The maximum atomic E-state index is 13.3. The van der Waals surface area contributed by atoms with Crippen molar-refractivity contribution < 1.29 is 8.91 Å². The van der Waals surface area contributed by atoms with Crippen molar-refractivity contribution in [1.82, 2.24) is 30.4 Å². The minimum absolute atomic E-state index is 0.0790. The number of hydrogen-bond donors (Lipinski definition) is 3. The molecule has 3 aromatic heterocycles. The van der Waals surface area contributed by atoms with Crippen molar-refractivity contribution in [3.05, 3.63) is 89.3 Å². The van der Waals surface area contributed by atoms with Gasteiger partial charge in [0.15, 0.2) is 5.82 Å². The van der Waals surface area contributed by atoms with Gasteiger partial charge in [-0.2, -0.15) is 4.98 Å². The van der Waals surface area contributed by atoms with Crippen LogP contribution in [0.3, 0.4) is 0 Å². The second-order valence-electron chi connectivity index (χ2n) is 7.78. The monoisotopic (exact) mass is 414 g/mol. The van der Waals surface area contributed by atoms with E-state index in [0.29, 0.717) is 11.7 Å². The molecule has 7 nitrogen and oxygen atoms in total. The van der Waals surface area contributed by atoms with E-state index in [0.717, 1.165) is 34.7 Å². The highest BCUT2D eigenvalue weighted by Crippen LogP contribution is 2.38. The fraction of sp³-hybridized carbons (Fsp3) is 0.174. The largest absolute Gasteiger partial charge is 0.356 e. The number of fused-ring (bicyclic) bond motifs is 3. The van der Waals surface area contributed by atoms with Gasteiger partial charge in [-0.25, -0.2) is 9.37 Å². The molecule has 0 fully saturated rings. The third kappa shape index (κ3) is 3.03. The highest BCUT2D eigenvalue weighted by atomic mass is 19.1. The van der Waals surface area contributed by atoms with E-state index in [1.165, 1.54) is 23.1 Å². The van der Waals surface area contributed by atoms with Crippen LogP contribution in [-0.2, 0) is 6.42 Å². The van der Waals surface area contributed by atoms with Gasteiger partial charge in [-0.05, 0) is 47.9 Å². The van der Waals surface area contributed by atoms with Crippen LogP contribution in [0.2, 0.25) is 0 Å². The van der Waals surface area contributed by atoms with Crippen LogP contribution in [0.15, 0.2) is 59.3 Å². The van der Waals surface area contributed by atoms with Crippen LogP contribution >= 0.6 is 0 Å². The molecular formula is C23H19FN6O. The molecule has 31 heavy (non-hydrogen) atoms. The number of halogens is 1. The van der Waals surface area contributed by atoms with E-state index < -0.39 is 0 Å². The molecule has 154 valence electrons. The normalized spacial score (nSPS) is 18.4. The van der Waals surface area contributed by atoms with Gasteiger partial charge in [0.25, 0.3) is 0 Å². The molecule has 0 saturated carbocycles. The average Bonchev–Trinajstić information content (AvgIpc) is 3.52. The molecule has 0 spiro atoms. The number of aromatic amines is 2. The number of nitrogens with zero attached hydrogens (tertiary/aromatic N) is 3. The zero-order valence-corrected chi connectivity index (χ0v) is 16.7. The summed E-state index contributed by atoms with van der Waals surface area (Å²) in [6, 6.07) is 14.3. The summed E-state index contributed by atoms with van der Waals surface area (Å²) >= 11 is 0. The summed E-state index contributed by atoms with van der Waals surface area (Å²) in [5, 5.41) is 8.96. The molecule has 5 aromatic rings. The van der Waals surface area contributed by atoms with E-state index in [9.17, 15) is 4.39 Å². The predicted molar refractivity (Wildman–Crippen MR) is 113 cm³/mol. The van der Waals surface area contributed by atoms with Gasteiger partial charge < -0.3 is 14.5 Å². The first-order chi connectivity index (χ1) is 15.2. The maximum Gasteiger partial charge on any atom is 0.223 e. The van der Waals surface area contributed by atoms with E-state index in [2.05, 4.69) is 42.5 Å². The highest BCUT2D eigenvalue weighted by molar-refractivity contribution is 5.85. The molecule has 2 aromatic carbocycles. The standard InChI is InChI=1S/C23H19FN6O/c1-12-26-23(30-31-12)21-20-16(15-4-2-3-5-17(15)27-20)10-18(28-21)22-25-11-19(29-22)13-6-8-14(24)9-7-13/h2-9,11,18,21,27-28H,10H2,1H3,(H,25,29)/t18-,21+/m1/s1. The summed E-state index contributed by atoms with van der Waals surface area (Å²) in [5.74, 6) is 1.65. The number of H-pyrrole nitrogens is 2. The molecule has 1 aliphatic heterocycles. The summed E-state index contributed by atoms with van der Waals surface area (Å²) in [6.45, 7) is 1.78. The van der Waals surface area contributed by atoms with Crippen LogP contribution < -0.4 is 5.32 Å². The van der Waals surface area contributed by atoms with E-state index in [1.54, 1.807) is 25.3 Å². The van der Waals surface area contributed by atoms with E-state index in [1.807, 2.05) is 12.1 Å². The molecule has 0 bridgehead atoms. The molecule has 8 heteroatoms. The lowest BCUT2D eigenvalue weighted by Gasteiger charge is -2.28. The molecule has 0 amide bonds. The number of rotatable bonds is 3. The molecule has 3 N–H and O–H groups in total. The SMILES string of the molecule is Cc1nc([C@H]2N[C@@H](c3ncc(-c4ccc(F)cc4)[nH]3)Cc3c2[nH]c2ccccc32)no1. The first-order valence-corrected chi connectivity index (χ1v) is 10.1. The average molecular weight is 414 g/mol. The van der Waals surface area contributed by atoms with Crippen molar-refractivity contribution in [2.45, 2.75) is 25.4 Å². The highest BCUT2D eigenvalue weighted by Gasteiger charge is 2.35. The molecule has 4 heterocycles. The Morgan fingerprint density at radius 3 is 2.71 bits per heavy atom. The van der Waals surface area contributed by atoms with Crippen LogP contribution in [0, 0.1) is 12.7 Å². The van der Waals surface area contributed by atoms with Crippen molar-refractivity contribution in [2.24, 2.45) is 0 Å². The summed E-state index contributed by atoms with van der Waals surface area (Å²) < 4.78 is 18.5. The number of para-hydroxylation sites is 1. The van der Waals surface area contributed by atoms with Crippen molar-refractivity contribution in [3.8, 4) is 11.3 Å². The topological polar surface area (TPSA) is 95.4 Å². The van der Waals surface area contributed by atoms with E-state index in [4.69, 9.17) is 4.52 Å². The Labute approximate surface area is 176 Å². The van der Waals surface area contributed by atoms with Gasteiger partial charge in [0.2, 0.25) is 5.89 Å². The fourth-order valence-corrected chi connectivity index (χ4v) is 4.34. The van der Waals surface area contributed by atoms with Gasteiger partial charge in [0, 0.05) is 23.5 Å². The minimum Gasteiger partial charge on any atom is -0.356 e. The Kier molecular flexibility index (Phi) is 4.00. The lowest BCUT2D eigenvalue weighted by molar-refractivity contribution is 0.368. The number of aromatic nitrogens is 5. The number of aryl methyl sites for hydroxylation is 1. The smallest absolute Gasteiger partial charge is 0.223 e. The summed E-state index contributed by atoms with van der Waals surface area (Å²) in [7, 11) is 0. The van der Waals surface area contributed by atoms with Gasteiger partial charge in [-0.1, -0.05) is 23.4 Å². The molecule has 0 unspecified atom stereocenters. The lowest BCUT2D eigenvalue weighted by Crippen LogP contribution is -2.35. The zero-order chi connectivity index (χ0) is 20.9. The van der Waals surface area contributed by atoms with Gasteiger partial charge in [0.1, 0.15) is 17.7 Å². The quantitative estimate of drug-likeness (QED) is 0.408. The van der Waals surface area contributed by atoms with Crippen LogP contribution in [0.4, 0.5) is 4.39 Å². The van der Waals surface area contributed by atoms with Crippen LogP contribution in [0.5, 0.6) is 0 Å². The van der Waals surface area contributed by atoms with Crippen LogP contribution in [0.25, 0.3) is 22.2 Å². The Morgan fingerprint density at radius 1 is 1.06 bits per heavy atom. The molecule has 0 aliphatic carbocycles. The zero-order valence-electron chi connectivity index (χ0n) is 16.7. The summed E-state index contributed by atoms with van der Waals surface area (Å²) in [4.78, 5) is 16.0. The number of benzene rings is 2. The first kappa shape index (κ1) is 18.0. The first-order valence-electron chi connectivity index (χ1n) is 10.1. The Bertz CT molecular complexity index is 1380. The minimum atomic E-state index is -0.262. The third-order valence-corrected chi connectivity index (χ3v) is 5.79. The molecule has 0 saturated heterocycles. The van der Waals surface area contributed by atoms with Gasteiger partial charge >= 0.3 is 0 Å². The van der Waals surface area contributed by atoms with Gasteiger partial charge in [-0.3, -0.25) is 5.32 Å². The molecule has 1 aliphatic rings. The summed E-state index contributed by atoms with van der Waals surface area (Å²) in [5.41, 5.74) is 5.06. The predicted octanol–water partition coefficient (Wildman–Crippen LogP) is 4.36. The van der Waals surface area contributed by atoms with Crippen molar-refractivity contribution >= 4 is 10.9 Å². The lowest BCUT2D eigenvalue weighted by atomic mass is 9.93. The van der Waals surface area contributed by atoms with Crippen molar-refractivity contribution in [3.63, 3.8) is 0 Å². The van der Waals surface area contributed by atoms with Crippen molar-refractivity contribution in [1.29, 1.82) is 0 Å². The number of nitrogens with one attached hydrogen (secondary N) is 3. The van der Waals surface area contributed by atoms with Gasteiger partial charge in [0.05, 0.1) is 17.9 Å². The molecule has 6 rings (SSSR count). The maximum absolute atomic E-state index is 13.3. The number of hydrogen-bond acceptors (Lipinski definition) is 5. The fourth-order valence-electron chi connectivity index (χ4n) is 4.34. The second kappa shape index (κ2) is 6.88. The van der Waals surface area contributed by atoms with Crippen LogP contribution in [-0.4, -0.2) is 25.1 Å². The van der Waals surface area contributed by atoms with E-state index in [-0.39, 0.29) is 17.9 Å². The van der Waals surface area contributed by atoms with E-state index >= 15 is 0 Å².